The van der Waals surface area contributed by atoms with E-state index in [2.05, 4.69) is 4.99 Å². The van der Waals surface area contributed by atoms with Gasteiger partial charge >= 0.3 is 5.97 Å². The van der Waals surface area contributed by atoms with Crippen molar-refractivity contribution in [1.82, 2.24) is 4.73 Å². The molecule has 6 heteroatoms. The summed E-state index contributed by atoms with van der Waals surface area (Å²) >= 11 is 0. The fraction of sp³-hybridized carbons (Fsp3) is 0.0556. The Labute approximate surface area is 136 Å². The molecule has 1 aliphatic heterocycles. The molecule has 1 aliphatic rings. The maximum Gasteiger partial charge on any atom is 0.329 e. The summed E-state index contributed by atoms with van der Waals surface area (Å²) in [6, 6.07) is 13.8. The summed E-state index contributed by atoms with van der Waals surface area (Å²) in [5.74, 6) is -1.04. The van der Waals surface area contributed by atoms with Crippen molar-refractivity contribution in [3.63, 3.8) is 0 Å². The Morgan fingerprint density at radius 2 is 1.83 bits per heavy atom. The Kier molecular flexibility index (Phi) is 2.99. The van der Waals surface area contributed by atoms with E-state index in [1.165, 1.54) is 6.92 Å². The van der Waals surface area contributed by atoms with Gasteiger partial charge in [0.2, 0.25) is 5.78 Å². The lowest BCUT2D eigenvalue weighted by Crippen LogP contribution is -2.23. The minimum atomic E-state index is -0.569. The van der Waals surface area contributed by atoms with Crippen LogP contribution in [0.4, 0.5) is 5.69 Å². The molecule has 6 nitrogen and oxygen atoms in total. The predicted octanol–water partition coefficient (Wildman–Crippen LogP) is 2.64. The second-order valence-corrected chi connectivity index (χ2v) is 5.40. The van der Waals surface area contributed by atoms with Gasteiger partial charge in [-0.05, 0) is 24.3 Å². The third-order valence-electron chi connectivity index (χ3n) is 3.85. The molecule has 1 N–H and O–H groups in total. The average molecular weight is 320 g/mol. The highest BCUT2D eigenvalue weighted by atomic mass is 16.7. The fourth-order valence-electron chi connectivity index (χ4n) is 2.85. The number of para-hydroxylation sites is 2. The summed E-state index contributed by atoms with van der Waals surface area (Å²) in [6.07, 6.45) is 0. The highest BCUT2D eigenvalue weighted by molar-refractivity contribution is 6.55. The van der Waals surface area contributed by atoms with E-state index in [1.54, 1.807) is 48.5 Å². The van der Waals surface area contributed by atoms with Crippen molar-refractivity contribution in [2.75, 3.05) is 0 Å². The number of benzene rings is 2. The van der Waals surface area contributed by atoms with Crippen LogP contribution in [0.1, 0.15) is 23.0 Å². The topological polar surface area (TPSA) is 80.9 Å². The molecule has 4 rings (SSSR count). The standard InChI is InChI=1S/C18H12N2O4/c1-10(21)24-20-14-9-5-3-7-12(14)18(23)16(20)15-17(22)11-6-2-4-8-13(11)19-15/h2-9,23H,1H3. The normalized spacial score (nSPS) is 13.0. The Morgan fingerprint density at radius 3 is 2.58 bits per heavy atom. The second kappa shape index (κ2) is 5.06. The summed E-state index contributed by atoms with van der Waals surface area (Å²) < 4.78 is 1.16. The molecule has 118 valence electrons. The van der Waals surface area contributed by atoms with E-state index in [-0.39, 0.29) is 22.9 Å². The zero-order valence-electron chi connectivity index (χ0n) is 12.7. The number of aromatic hydroxyl groups is 1. The number of hydrogen-bond donors (Lipinski definition) is 1. The molecule has 0 amide bonds. The number of carbonyl (C=O) groups is 2. The first-order valence-electron chi connectivity index (χ1n) is 7.32. The van der Waals surface area contributed by atoms with Crippen LogP contribution in [0.15, 0.2) is 53.5 Å². The zero-order chi connectivity index (χ0) is 16.8. The number of hydrogen-bond acceptors (Lipinski definition) is 5. The van der Waals surface area contributed by atoms with Crippen molar-refractivity contribution in [1.29, 1.82) is 0 Å². The number of Topliss-reactive ketones (excluding diaryl/α,β-unsaturated/α-hetero) is 1. The molecule has 3 aromatic rings. The first-order valence-corrected chi connectivity index (χ1v) is 7.32. The first kappa shape index (κ1) is 14.2. The van der Waals surface area contributed by atoms with Gasteiger partial charge in [0.1, 0.15) is 5.71 Å². The summed E-state index contributed by atoms with van der Waals surface area (Å²) in [7, 11) is 0. The van der Waals surface area contributed by atoms with Crippen molar-refractivity contribution in [2.24, 2.45) is 4.99 Å². The van der Waals surface area contributed by atoms with Gasteiger partial charge in [0, 0.05) is 17.9 Å². The van der Waals surface area contributed by atoms with Crippen LogP contribution in [0.5, 0.6) is 5.75 Å². The van der Waals surface area contributed by atoms with Crippen LogP contribution < -0.4 is 4.84 Å². The quantitative estimate of drug-likeness (QED) is 0.787. The minimum Gasteiger partial charge on any atom is -0.505 e. The van der Waals surface area contributed by atoms with E-state index in [9.17, 15) is 14.7 Å². The van der Waals surface area contributed by atoms with E-state index in [0.29, 0.717) is 22.2 Å². The van der Waals surface area contributed by atoms with Crippen LogP contribution in [0.3, 0.4) is 0 Å². The minimum absolute atomic E-state index is 0.0474. The molecule has 0 atom stereocenters. The van der Waals surface area contributed by atoms with Crippen molar-refractivity contribution in [3.8, 4) is 5.75 Å². The van der Waals surface area contributed by atoms with Crippen LogP contribution in [0.2, 0.25) is 0 Å². The fourth-order valence-corrected chi connectivity index (χ4v) is 2.85. The SMILES string of the molecule is CC(=O)On1c(C2=Nc3ccccc3C2=O)c(O)c2ccccc21. The van der Waals surface area contributed by atoms with E-state index >= 15 is 0 Å². The molecule has 2 heterocycles. The molecule has 0 unspecified atom stereocenters. The average Bonchev–Trinajstić information content (AvgIpc) is 3.04. The van der Waals surface area contributed by atoms with Crippen LogP contribution in [0, 0.1) is 0 Å². The highest BCUT2D eigenvalue weighted by Crippen LogP contribution is 2.36. The molecule has 0 aliphatic carbocycles. The van der Waals surface area contributed by atoms with E-state index in [0.717, 1.165) is 4.73 Å². The van der Waals surface area contributed by atoms with Gasteiger partial charge in [-0.25, -0.2) is 9.79 Å². The van der Waals surface area contributed by atoms with Gasteiger partial charge in [-0.15, -0.1) is 0 Å². The third kappa shape index (κ3) is 1.93. The molecule has 1 aromatic heterocycles. The van der Waals surface area contributed by atoms with Gasteiger partial charge in [-0.2, -0.15) is 4.73 Å². The first-order chi connectivity index (χ1) is 11.6. The van der Waals surface area contributed by atoms with E-state index in [1.807, 2.05) is 0 Å². The van der Waals surface area contributed by atoms with Gasteiger partial charge in [0.25, 0.3) is 0 Å². The van der Waals surface area contributed by atoms with Gasteiger partial charge in [0.15, 0.2) is 11.4 Å². The smallest absolute Gasteiger partial charge is 0.329 e. The number of aliphatic imine (C=N–C) groups is 1. The molecule has 0 bridgehead atoms. The lowest BCUT2D eigenvalue weighted by Gasteiger charge is -2.08. The summed E-state index contributed by atoms with van der Waals surface area (Å²) in [4.78, 5) is 33.7. The molecule has 0 spiro atoms. The van der Waals surface area contributed by atoms with Crippen molar-refractivity contribution >= 4 is 34.1 Å². The number of rotatable bonds is 2. The van der Waals surface area contributed by atoms with Gasteiger partial charge in [0.05, 0.1) is 11.2 Å². The van der Waals surface area contributed by atoms with Crippen LogP contribution in [-0.4, -0.2) is 27.3 Å². The van der Waals surface area contributed by atoms with Crippen molar-refractivity contribution in [2.45, 2.75) is 6.92 Å². The van der Waals surface area contributed by atoms with Gasteiger partial charge in [-0.3, -0.25) is 4.79 Å². The van der Waals surface area contributed by atoms with Crippen LogP contribution in [0.25, 0.3) is 10.9 Å². The number of fused-ring (bicyclic) bond motifs is 2. The summed E-state index contributed by atoms with van der Waals surface area (Å²) in [5, 5.41) is 11.1. The molecule has 0 radical (unpaired) electrons. The number of ketones is 1. The summed E-state index contributed by atoms with van der Waals surface area (Å²) in [5.41, 5.74) is 1.58. The largest absolute Gasteiger partial charge is 0.505 e. The summed E-state index contributed by atoms with van der Waals surface area (Å²) in [6.45, 7) is 1.25. The molecule has 24 heavy (non-hydrogen) atoms. The van der Waals surface area contributed by atoms with Crippen LogP contribution in [-0.2, 0) is 4.79 Å². The Hall–Kier alpha value is -3.41. The molecule has 0 saturated carbocycles. The Bertz CT molecular complexity index is 1050. The molecule has 0 saturated heterocycles. The molecule has 0 fully saturated rings. The van der Waals surface area contributed by atoms with Gasteiger partial charge in [-0.1, -0.05) is 24.3 Å². The molecular formula is C18H12N2O4. The molecular weight excluding hydrogens is 308 g/mol. The zero-order valence-corrected chi connectivity index (χ0v) is 12.7. The maximum absolute atomic E-state index is 12.7. The Morgan fingerprint density at radius 1 is 1.12 bits per heavy atom. The lowest BCUT2D eigenvalue weighted by molar-refractivity contribution is -0.141. The van der Waals surface area contributed by atoms with Crippen LogP contribution >= 0.6 is 0 Å². The molecule has 2 aromatic carbocycles. The Balaban J connectivity index is 2.00. The number of aromatic nitrogens is 1. The van der Waals surface area contributed by atoms with E-state index < -0.39 is 5.97 Å². The van der Waals surface area contributed by atoms with Gasteiger partial charge < -0.3 is 9.94 Å². The maximum atomic E-state index is 12.7. The van der Waals surface area contributed by atoms with E-state index in [4.69, 9.17) is 4.84 Å². The third-order valence-corrected chi connectivity index (χ3v) is 3.85. The number of nitrogens with zero attached hydrogens (tertiary/aromatic N) is 2. The predicted molar refractivity (Wildman–Crippen MR) is 87.8 cm³/mol. The van der Waals surface area contributed by atoms with Crippen molar-refractivity contribution in [3.05, 3.63) is 59.8 Å². The highest BCUT2D eigenvalue weighted by Gasteiger charge is 2.32. The second-order valence-electron chi connectivity index (χ2n) is 5.40. The van der Waals surface area contributed by atoms with Crippen molar-refractivity contribution < 1.29 is 19.5 Å². The number of carbonyl (C=O) groups excluding carboxylic acids is 2. The lowest BCUT2D eigenvalue weighted by atomic mass is 10.1. The monoisotopic (exact) mass is 320 g/mol.